The lowest BCUT2D eigenvalue weighted by Crippen LogP contribution is -2.51. The van der Waals surface area contributed by atoms with Crippen LogP contribution in [0.5, 0.6) is 0 Å². The molecule has 1 saturated heterocycles. The van der Waals surface area contributed by atoms with Gasteiger partial charge in [-0.3, -0.25) is 14.5 Å². The molecule has 1 aliphatic carbocycles. The molecule has 0 bridgehead atoms. The van der Waals surface area contributed by atoms with Gasteiger partial charge in [0.15, 0.2) is 0 Å². The SMILES string of the molecule is CN(C)C(=O)CN1CCCN(C(=O)CC2(N)CCC2)CC1. The smallest absolute Gasteiger partial charge is 0.236 e. The van der Waals surface area contributed by atoms with Crippen molar-refractivity contribution in [1.82, 2.24) is 14.7 Å². The molecule has 1 saturated carbocycles. The normalized spacial score (nSPS) is 22.3. The first-order chi connectivity index (χ1) is 9.89. The van der Waals surface area contributed by atoms with Gasteiger partial charge in [0.25, 0.3) is 0 Å². The maximum absolute atomic E-state index is 12.3. The minimum Gasteiger partial charge on any atom is -0.348 e. The zero-order valence-electron chi connectivity index (χ0n) is 13.3. The topological polar surface area (TPSA) is 69.9 Å². The fraction of sp³-hybridized carbons (Fsp3) is 0.867. The average molecular weight is 296 g/mol. The van der Waals surface area contributed by atoms with Crippen LogP contribution in [-0.4, -0.2) is 78.9 Å². The Hall–Kier alpha value is -1.14. The highest BCUT2D eigenvalue weighted by molar-refractivity contribution is 5.78. The van der Waals surface area contributed by atoms with Gasteiger partial charge in [0.05, 0.1) is 6.54 Å². The molecule has 2 fully saturated rings. The van der Waals surface area contributed by atoms with Crippen molar-refractivity contribution in [2.45, 2.75) is 37.6 Å². The van der Waals surface area contributed by atoms with E-state index in [-0.39, 0.29) is 17.4 Å². The third-order valence-electron chi connectivity index (χ3n) is 4.65. The Morgan fingerprint density at radius 1 is 1.10 bits per heavy atom. The molecular weight excluding hydrogens is 268 g/mol. The fourth-order valence-electron chi connectivity index (χ4n) is 2.93. The van der Waals surface area contributed by atoms with E-state index < -0.39 is 0 Å². The van der Waals surface area contributed by atoms with Gasteiger partial charge in [-0.2, -0.15) is 0 Å². The molecule has 6 heteroatoms. The first-order valence-corrected chi connectivity index (χ1v) is 7.89. The van der Waals surface area contributed by atoms with Crippen molar-refractivity contribution in [2.24, 2.45) is 5.73 Å². The third kappa shape index (κ3) is 4.41. The summed E-state index contributed by atoms with van der Waals surface area (Å²) >= 11 is 0. The monoisotopic (exact) mass is 296 g/mol. The minimum absolute atomic E-state index is 0.116. The summed E-state index contributed by atoms with van der Waals surface area (Å²) in [5, 5.41) is 0. The highest BCUT2D eigenvalue weighted by atomic mass is 16.2. The van der Waals surface area contributed by atoms with E-state index in [4.69, 9.17) is 5.73 Å². The number of nitrogens with zero attached hydrogens (tertiary/aromatic N) is 3. The summed E-state index contributed by atoms with van der Waals surface area (Å²) in [6.07, 6.45) is 4.48. The molecule has 2 aliphatic rings. The van der Waals surface area contributed by atoms with Crippen LogP contribution in [0.3, 0.4) is 0 Å². The van der Waals surface area contributed by atoms with Crippen LogP contribution in [0.4, 0.5) is 0 Å². The maximum atomic E-state index is 12.3. The lowest BCUT2D eigenvalue weighted by molar-refractivity contribution is -0.133. The van der Waals surface area contributed by atoms with Gasteiger partial charge in [0, 0.05) is 52.2 Å². The van der Waals surface area contributed by atoms with Crippen molar-refractivity contribution in [2.75, 3.05) is 46.8 Å². The average Bonchev–Trinajstić information content (AvgIpc) is 2.62. The van der Waals surface area contributed by atoms with E-state index >= 15 is 0 Å². The predicted molar refractivity (Wildman–Crippen MR) is 81.7 cm³/mol. The zero-order chi connectivity index (χ0) is 15.5. The second-order valence-corrected chi connectivity index (χ2v) is 6.69. The van der Waals surface area contributed by atoms with Crippen LogP contribution in [0.15, 0.2) is 0 Å². The number of rotatable bonds is 4. The lowest BCUT2D eigenvalue weighted by Gasteiger charge is -2.38. The van der Waals surface area contributed by atoms with Crippen molar-refractivity contribution in [3.63, 3.8) is 0 Å². The van der Waals surface area contributed by atoms with Crippen LogP contribution in [0.1, 0.15) is 32.1 Å². The Morgan fingerprint density at radius 2 is 1.81 bits per heavy atom. The first-order valence-electron chi connectivity index (χ1n) is 7.89. The number of likely N-dealkylation sites (N-methyl/N-ethyl adjacent to an activating group) is 1. The summed E-state index contributed by atoms with van der Waals surface area (Å²) in [4.78, 5) is 29.8. The molecule has 21 heavy (non-hydrogen) atoms. The van der Waals surface area contributed by atoms with Crippen LogP contribution in [-0.2, 0) is 9.59 Å². The van der Waals surface area contributed by atoms with Crippen molar-refractivity contribution in [3.8, 4) is 0 Å². The van der Waals surface area contributed by atoms with E-state index in [1.165, 1.54) is 0 Å². The minimum atomic E-state index is -0.246. The third-order valence-corrected chi connectivity index (χ3v) is 4.65. The molecule has 1 heterocycles. The van der Waals surface area contributed by atoms with E-state index in [0.29, 0.717) is 19.5 Å². The Bertz CT molecular complexity index is 393. The van der Waals surface area contributed by atoms with E-state index in [0.717, 1.165) is 45.3 Å². The molecule has 0 unspecified atom stereocenters. The molecular formula is C15H28N4O2. The molecule has 1 aliphatic heterocycles. The Balaban J connectivity index is 1.80. The quantitative estimate of drug-likeness (QED) is 0.785. The second-order valence-electron chi connectivity index (χ2n) is 6.69. The largest absolute Gasteiger partial charge is 0.348 e. The summed E-state index contributed by atoms with van der Waals surface area (Å²) in [6, 6.07) is 0. The number of amides is 2. The molecule has 2 amide bonds. The molecule has 2 rings (SSSR count). The summed E-state index contributed by atoms with van der Waals surface area (Å²) in [7, 11) is 3.55. The van der Waals surface area contributed by atoms with E-state index in [2.05, 4.69) is 4.90 Å². The fourth-order valence-corrected chi connectivity index (χ4v) is 2.93. The highest BCUT2D eigenvalue weighted by Crippen LogP contribution is 2.32. The first kappa shape index (κ1) is 16.2. The summed E-state index contributed by atoms with van der Waals surface area (Å²) < 4.78 is 0. The van der Waals surface area contributed by atoms with Gasteiger partial charge in [-0.25, -0.2) is 0 Å². The van der Waals surface area contributed by atoms with Gasteiger partial charge in [-0.05, 0) is 25.7 Å². The molecule has 0 spiro atoms. The van der Waals surface area contributed by atoms with Gasteiger partial charge >= 0.3 is 0 Å². The molecule has 0 aromatic carbocycles. The molecule has 0 atom stereocenters. The van der Waals surface area contributed by atoms with Crippen molar-refractivity contribution >= 4 is 11.8 Å². The van der Waals surface area contributed by atoms with Gasteiger partial charge in [-0.1, -0.05) is 0 Å². The van der Waals surface area contributed by atoms with Crippen LogP contribution < -0.4 is 5.73 Å². The van der Waals surface area contributed by atoms with Crippen molar-refractivity contribution in [1.29, 1.82) is 0 Å². The maximum Gasteiger partial charge on any atom is 0.236 e. The lowest BCUT2D eigenvalue weighted by atomic mass is 9.75. The zero-order valence-corrected chi connectivity index (χ0v) is 13.3. The van der Waals surface area contributed by atoms with Crippen LogP contribution in [0.25, 0.3) is 0 Å². The Labute approximate surface area is 127 Å². The highest BCUT2D eigenvalue weighted by Gasteiger charge is 2.36. The van der Waals surface area contributed by atoms with Crippen molar-refractivity contribution in [3.05, 3.63) is 0 Å². The van der Waals surface area contributed by atoms with E-state index in [1.807, 2.05) is 4.90 Å². The van der Waals surface area contributed by atoms with Crippen LogP contribution in [0.2, 0.25) is 0 Å². The van der Waals surface area contributed by atoms with Gasteiger partial charge < -0.3 is 15.5 Å². The van der Waals surface area contributed by atoms with Crippen LogP contribution >= 0.6 is 0 Å². The molecule has 6 nitrogen and oxygen atoms in total. The Kier molecular flexibility index (Phi) is 5.22. The summed E-state index contributed by atoms with van der Waals surface area (Å²) in [5.74, 6) is 0.295. The van der Waals surface area contributed by atoms with E-state index in [1.54, 1.807) is 19.0 Å². The molecule has 0 aromatic rings. The van der Waals surface area contributed by atoms with Gasteiger partial charge in [0.1, 0.15) is 0 Å². The van der Waals surface area contributed by atoms with Crippen LogP contribution in [0, 0.1) is 0 Å². The van der Waals surface area contributed by atoms with Crippen molar-refractivity contribution < 1.29 is 9.59 Å². The van der Waals surface area contributed by atoms with E-state index in [9.17, 15) is 9.59 Å². The Morgan fingerprint density at radius 3 is 2.38 bits per heavy atom. The molecule has 0 radical (unpaired) electrons. The van der Waals surface area contributed by atoms with Gasteiger partial charge in [0.2, 0.25) is 11.8 Å². The number of nitrogens with two attached hydrogens (primary N) is 1. The number of carbonyl (C=O) groups is 2. The van der Waals surface area contributed by atoms with Gasteiger partial charge in [-0.15, -0.1) is 0 Å². The standard InChI is InChI=1S/C15H28N4O2/c1-17(2)14(21)12-18-7-4-8-19(10-9-18)13(20)11-15(16)5-3-6-15/h3-12,16H2,1-2H3. The molecule has 2 N–H and O–H groups in total. The predicted octanol–water partition coefficient (Wildman–Crippen LogP) is -0.120. The second kappa shape index (κ2) is 6.75. The number of carbonyl (C=O) groups excluding carboxylic acids is 2. The summed E-state index contributed by atoms with van der Waals surface area (Å²) in [6.45, 7) is 3.56. The number of hydrogen-bond donors (Lipinski definition) is 1. The molecule has 0 aromatic heterocycles. The summed E-state index contributed by atoms with van der Waals surface area (Å²) in [5.41, 5.74) is 5.92. The number of hydrogen-bond acceptors (Lipinski definition) is 4. The molecule has 120 valence electrons.